The van der Waals surface area contributed by atoms with Crippen molar-refractivity contribution in [3.63, 3.8) is 0 Å². The number of nitro groups is 1. The van der Waals surface area contributed by atoms with E-state index in [2.05, 4.69) is 31.1 Å². The Morgan fingerprint density at radius 3 is 2.45 bits per heavy atom. The van der Waals surface area contributed by atoms with Crippen molar-refractivity contribution in [1.82, 2.24) is 10.3 Å². The van der Waals surface area contributed by atoms with Crippen LogP contribution in [0.3, 0.4) is 0 Å². The monoisotopic (exact) mass is 279 g/mol. The molecule has 0 fully saturated rings. The van der Waals surface area contributed by atoms with Gasteiger partial charge in [0.25, 0.3) is 5.69 Å². The predicted octanol–water partition coefficient (Wildman–Crippen LogP) is 3.52. The van der Waals surface area contributed by atoms with Crippen LogP contribution >= 0.6 is 0 Å². The van der Waals surface area contributed by atoms with E-state index >= 15 is 0 Å². The third-order valence-electron chi connectivity index (χ3n) is 4.11. The number of aromatic nitrogens is 1. The van der Waals surface area contributed by atoms with E-state index in [1.807, 2.05) is 0 Å². The van der Waals surface area contributed by atoms with Crippen molar-refractivity contribution in [3.05, 3.63) is 33.1 Å². The molecule has 0 aliphatic carbocycles. The smallest absolute Gasteiger partial charge is 0.278 e. The van der Waals surface area contributed by atoms with Crippen LogP contribution in [0.5, 0.6) is 0 Å². The number of hydrogen-bond acceptors (Lipinski definition) is 4. The molecule has 1 rings (SSSR count). The Hall–Kier alpha value is -1.49. The fraction of sp³-hybridized carbons (Fsp3) is 0.667. The lowest BCUT2D eigenvalue weighted by Gasteiger charge is -2.22. The van der Waals surface area contributed by atoms with Crippen LogP contribution in [-0.4, -0.2) is 15.9 Å². The van der Waals surface area contributed by atoms with Gasteiger partial charge in [0.2, 0.25) is 0 Å². The zero-order valence-corrected chi connectivity index (χ0v) is 13.1. The van der Waals surface area contributed by atoms with Crippen LogP contribution in [0.2, 0.25) is 0 Å². The molecular formula is C15H25N3O2. The van der Waals surface area contributed by atoms with E-state index in [1.165, 1.54) is 0 Å². The SMILES string of the molecule is CCC(CC)C(C)NCc1ncc(C)c([N+](=O)[O-])c1C. The minimum atomic E-state index is -0.319. The van der Waals surface area contributed by atoms with Crippen molar-refractivity contribution in [1.29, 1.82) is 0 Å². The molecule has 0 aromatic carbocycles. The highest BCUT2D eigenvalue weighted by atomic mass is 16.6. The summed E-state index contributed by atoms with van der Waals surface area (Å²) in [5, 5.41) is 14.5. The number of nitrogens with zero attached hydrogens (tertiary/aromatic N) is 2. The lowest BCUT2D eigenvalue weighted by Crippen LogP contribution is -2.33. The Bertz CT molecular complexity index is 470. The summed E-state index contributed by atoms with van der Waals surface area (Å²) in [6.45, 7) is 10.6. The number of pyridine rings is 1. The molecule has 1 N–H and O–H groups in total. The largest absolute Gasteiger partial charge is 0.308 e. The molecule has 0 radical (unpaired) electrons. The summed E-state index contributed by atoms with van der Waals surface area (Å²) in [5.41, 5.74) is 2.23. The average molecular weight is 279 g/mol. The second kappa shape index (κ2) is 7.33. The molecule has 0 spiro atoms. The fourth-order valence-corrected chi connectivity index (χ4v) is 2.64. The minimum absolute atomic E-state index is 0.187. The number of rotatable bonds is 7. The maximum atomic E-state index is 11.1. The zero-order valence-electron chi connectivity index (χ0n) is 13.1. The van der Waals surface area contributed by atoms with Crippen LogP contribution in [0, 0.1) is 29.9 Å². The topological polar surface area (TPSA) is 68.1 Å². The van der Waals surface area contributed by atoms with Crippen LogP contribution in [0.25, 0.3) is 0 Å². The van der Waals surface area contributed by atoms with Gasteiger partial charge in [-0.2, -0.15) is 0 Å². The summed E-state index contributed by atoms with van der Waals surface area (Å²) in [5.74, 6) is 0.621. The molecule has 0 amide bonds. The Labute approximate surface area is 121 Å². The highest BCUT2D eigenvalue weighted by molar-refractivity contribution is 5.47. The standard InChI is InChI=1S/C15H25N3O2/c1-6-13(7-2)12(5)16-9-14-11(4)15(18(19)20)10(3)8-17-14/h8,12-13,16H,6-7,9H2,1-5H3. The molecule has 1 atom stereocenters. The van der Waals surface area contributed by atoms with E-state index in [1.54, 1.807) is 20.0 Å². The van der Waals surface area contributed by atoms with Gasteiger partial charge in [-0.15, -0.1) is 0 Å². The molecule has 0 saturated heterocycles. The van der Waals surface area contributed by atoms with Crippen LogP contribution in [-0.2, 0) is 6.54 Å². The second-order valence-corrected chi connectivity index (χ2v) is 5.36. The van der Waals surface area contributed by atoms with Crippen LogP contribution in [0.1, 0.15) is 50.4 Å². The molecular weight excluding hydrogens is 254 g/mol. The summed E-state index contributed by atoms with van der Waals surface area (Å²) in [6.07, 6.45) is 3.85. The zero-order chi connectivity index (χ0) is 15.3. The Kier molecular flexibility index (Phi) is 6.07. The van der Waals surface area contributed by atoms with Gasteiger partial charge in [0.1, 0.15) is 0 Å². The van der Waals surface area contributed by atoms with Crippen molar-refractivity contribution in [3.8, 4) is 0 Å². The highest BCUT2D eigenvalue weighted by Gasteiger charge is 2.19. The van der Waals surface area contributed by atoms with Gasteiger partial charge in [-0.25, -0.2) is 0 Å². The Morgan fingerprint density at radius 1 is 1.35 bits per heavy atom. The average Bonchev–Trinajstić information content (AvgIpc) is 2.38. The van der Waals surface area contributed by atoms with Gasteiger partial charge < -0.3 is 5.32 Å². The normalized spacial score (nSPS) is 12.7. The van der Waals surface area contributed by atoms with Crippen LogP contribution in [0.15, 0.2) is 6.20 Å². The molecule has 1 aromatic heterocycles. The molecule has 1 unspecified atom stereocenters. The molecule has 0 saturated carbocycles. The predicted molar refractivity (Wildman–Crippen MR) is 80.7 cm³/mol. The number of nitrogens with one attached hydrogen (secondary N) is 1. The lowest BCUT2D eigenvalue weighted by molar-refractivity contribution is -0.386. The Morgan fingerprint density at radius 2 is 1.95 bits per heavy atom. The molecule has 0 aliphatic heterocycles. The van der Waals surface area contributed by atoms with Crippen molar-refractivity contribution < 1.29 is 4.92 Å². The van der Waals surface area contributed by atoms with Crippen molar-refractivity contribution in [2.75, 3.05) is 0 Å². The van der Waals surface area contributed by atoms with Crippen LogP contribution in [0.4, 0.5) is 5.69 Å². The first kappa shape index (κ1) is 16.6. The van der Waals surface area contributed by atoms with E-state index in [-0.39, 0.29) is 10.6 Å². The third-order valence-corrected chi connectivity index (χ3v) is 4.11. The fourth-order valence-electron chi connectivity index (χ4n) is 2.64. The Balaban J connectivity index is 2.84. The van der Waals surface area contributed by atoms with E-state index in [0.717, 1.165) is 18.5 Å². The van der Waals surface area contributed by atoms with Crippen molar-refractivity contribution in [2.45, 2.75) is 60.0 Å². The summed E-state index contributed by atoms with van der Waals surface area (Å²) in [7, 11) is 0. The number of hydrogen-bond donors (Lipinski definition) is 1. The molecule has 5 nitrogen and oxygen atoms in total. The van der Waals surface area contributed by atoms with Gasteiger partial charge in [-0.1, -0.05) is 26.7 Å². The van der Waals surface area contributed by atoms with Gasteiger partial charge in [0.05, 0.1) is 10.6 Å². The summed E-state index contributed by atoms with van der Waals surface area (Å²) in [6, 6.07) is 0.381. The van der Waals surface area contributed by atoms with E-state index in [9.17, 15) is 10.1 Å². The molecule has 1 aromatic rings. The first-order valence-electron chi connectivity index (χ1n) is 7.25. The third kappa shape index (κ3) is 3.76. The summed E-state index contributed by atoms with van der Waals surface area (Å²) >= 11 is 0. The van der Waals surface area contributed by atoms with E-state index in [4.69, 9.17) is 0 Å². The quantitative estimate of drug-likeness (QED) is 0.612. The maximum Gasteiger partial charge on any atom is 0.278 e. The van der Waals surface area contributed by atoms with Crippen molar-refractivity contribution in [2.24, 2.45) is 5.92 Å². The summed E-state index contributed by atoms with van der Waals surface area (Å²) < 4.78 is 0. The van der Waals surface area contributed by atoms with E-state index in [0.29, 0.717) is 29.6 Å². The number of aryl methyl sites for hydroxylation is 1. The highest BCUT2D eigenvalue weighted by Crippen LogP contribution is 2.24. The molecule has 0 aliphatic rings. The van der Waals surface area contributed by atoms with Gasteiger partial charge in [0.15, 0.2) is 0 Å². The van der Waals surface area contributed by atoms with Gasteiger partial charge >= 0.3 is 0 Å². The molecule has 20 heavy (non-hydrogen) atoms. The van der Waals surface area contributed by atoms with Crippen LogP contribution < -0.4 is 5.32 Å². The molecule has 0 bridgehead atoms. The first-order chi connectivity index (χ1) is 9.42. The molecule has 5 heteroatoms. The van der Waals surface area contributed by atoms with E-state index < -0.39 is 0 Å². The van der Waals surface area contributed by atoms with Gasteiger partial charge in [0, 0.05) is 29.9 Å². The maximum absolute atomic E-state index is 11.1. The summed E-state index contributed by atoms with van der Waals surface area (Å²) in [4.78, 5) is 15.1. The minimum Gasteiger partial charge on any atom is -0.308 e. The molecule has 112 valence electrons. The first-order valence-corrected chi connectivity index (χ1v) is 7.25. The lowest BCUT2D eigenvalue weighted by atomic mass is 9.95. The van der Waals surface area contributed by atoms with Gasteiger partial charge in [-0.05, 0) is 26.7 Å². The molecule has 1 heterocycles. The van der Waals surface area contributed by atoms with Crippen molar-refractivity contribution >= 4 is 5.69 Å². The van der Waals surface area contributed by atoms with Gasteiger partial charge in [-0.3, -0.25) is 15.1 Å². The second-order valence-electron chi connectivity index (χ2n) is 5.36.